The molecule has 0 bridgehead atoms. The average molecular weight is 353 g/mol. The number of amides is 1. The van der Waals surface area contributed by atoms with Crippen molar-refractivity contribution in [3.05, 3.63) is 59.7 Å². The molecule has 1 aliphatic rings. The molecule has 130 valence electrons. The number of anilines is 2. The maximum Gasteiger partial charge on any atom is 0.227 e. The monoisotopic (exact) mass is 353 g/mol. The Balaban J connectivity index is 1.64. The Morgan fingerprint density at radius 1 is 1.20 bits per heavy atom. The van der Waals surface area contributed by atoms with Gasteiger partial charge in [0.1, 0.15) is 0 Å². The number of nitrogens with zero attached hydrogens (tertiary/aromatic N) is 1. The molecule has 1 aliphatic heterocycles. The van der Waals surface area contributed by atoms with E-state index >= 15 is 0 Å². The van der Waals surface area contributed by atoms with Crippen LogP contribution >= 0.6 is 12.2 Å². The van der Waals surface area contributed by atoms with Gasteiger partial charge in [0.25, 0.3) is 0 Å². The van der Waals surface area contributed by atoms with Gasteiger partial charge in [-0.1, -0.05) is 30.3 Å². The first-order valence-corrected chi connectivity index (χ1v) is 8.99. The van der Waals surface area contributed by atoms with Crippen LogP contribution < -0.4 is 15.5 Å². The first-order valence-electron chi connectivity index (χ1n) is 8.58. The predicted molar refractivity (Wildman–Crippen MR) is 107 cm³/mol. The topological polar surface area (TPSA) is 44.4 Å². The molecule has 1 atom stereocenters. The van der Waals surface area contributed by atoms with Crippen LogP contribution in [0.1, 0.15) is 36.9 Å². The van der Waals surface area contributed by atoms with Crippen LogP contribution in [0.5, 0.6) is 0 Å². The van der Waals surface area contributed by atoms with Gasteiger partial charge in [-0.3, -0.25) is 4.79 Å². The summed E-state index contributed by atoms with van der Waals surface area (Å²) in [7, 11) is 0. The van der Waals surface area contributed by atoms with E-state index in [4.69, 9.17) is 12.2 Å². The van der Waals surface area contributed by atoms with E-state index < -0.39 is 0 Å². The Morgan fingerprint density at radius 3 is 2.60 bits per heavy atom. The van der Waals surface area contributed by atoms with E-state index in [9.17, 15) is 4.79 Å². The lowest BCUT2D eigenvalue weighted by molar-refractivity contribution is -0.117. The number of hydrogen-bond acceptors (Lipinski definition) is 2. The Morgan fingerprint density at radius 2 is 1.96 bits per heavy atom. The number of aryl methyl sites for hydroxylation is 1. The highest BCUT2D eigenvalue weighted by molar-refractivity contribution is 7.80. The molecule has 0 aromatic heterocycles. The van der Waals surface area contributed by atoms with Crippen LogP contribution in [-0.2, 0) is 4.79 Å². The molecule has 0 aliphatic carbocycles. The second kappa shape index (κ2) is 7.66. The third-order valence-electron chi connectivity index (χ3n) is 4.47. The number of carbonyl (C=O) groups excluding carboxylic acids is 1. The Kier molecular flexibility index (Phi) is 5.34. The second-order valence-electron chi connectivity index (χ2n) is 6.38. The molecule has 0 unspecified atom stereocenters. The Hall–Kier alpha value is -2.40. The molecular formula is C20H23N3OS. The third-order valence-corrected chi connectivity index (χ3v) is 4.69. The summed E-state index contributed by atoms with van der Waals surface area (Å²) >= 11 is 5.43. The van der Waals surface area contributed by atoms with Crippen molar-refractivity contribution in [1.29, 1.82) is 0 Å². The second-order valence-corrected chi connectivity index (χ2v) is 6.79. The lowest BCUT2D eigenvalue weighted by Crippen LogP contribution is -2.31. The molecule has 0 saturated carbocycles. The summed E-state index contributed by atoms with van der Waals surface area (Å²) < 4.78 is 0. The minimum atomic E-state index is 0.129. The fraction of sp³-hybridized carbons (Fsp3) is 0.300. The van der Waals surface area contributed by atoms with Gasteiger partial charge in [-0.15, -0.1) is 0 Å². The van der Waals surface area contributed by atoms with E-state index in [0.717, 1.165) is 29.9 Å². The summed E-state index contributed by atoms with van der Waals surface area (Å²) in [6, 6.07) is 16.3. The summed E-state index contributed by atoms with van der Waals surface area (Å²) in [6.45, 7) is 4.91. The van der Waals surface area contributed by atoms with Gasteiger partial charge in [-0.25, -0.2) is 0 Å². The zero-order valence-corrected chi connectivity index (χ0v) is 15.4. The van der Waals surface area contributed by atoms with Gasteiger partial charge in [0.15, 0.2) is 5.11 Å². The molecule has 1 heterocycles. The zero-order chi connectivity index (χ0) is 17.8. The van der Waals surface area contributed by atoms with Crippen LogP contribution in [-0.4, -0.2) is 17.6 Å². The summed E-state index contributed by atoms with van der Waals surface area (Å²) in [5, 5.41) is 7.11. The molecule has 4 nitrogen and oxygen atoms in total. The number of hydrogen-bond donors (Lipinski definition) is 2. The van der Waals surface area contributed by atoms with Gasteiger partial charge in [0, 0.05) is 24.3 Å². The van der Waals surface area contributed by atoms with E-state index in [1.807, 2.05) is 48.2 Å². The van der Waals surface area contributed by atoms with Crippen molar-refractivity contribution in [3.8, 4) is 0 Å². The van der Waals surface area contributed by atoms with Crippen LogP contribution in [0.15, 0.2) is 48.5 Å². The van der Waals surface area contributed by atoms with Crippen molar-refractivity contribution in [2.45, 2.75) is 32.7 Å². The molecule has 0 radical (unpaired) electrons. The third kappa shape index (κ3) is 4.17. The van der Waals surface area contributed by atoms with Gasteiger partial charge in [0.2, 0.25) is 5.91 Å². The SMILES string of the molecule is Cc1cc(NC(=S)N[C@H](C)c2ccccc2)ccc1N1CCCC1=O. The highest BCUT2D eigenvalue weighted by Gasteiger charge is 2.22. The highest BCUT2D eigenvalue weighted by Crippen LogP contribution is 2.27. The quantitative estimate of drug-likeness (QED) is 0.810. The summed E-state index contributed by atoms with van der Waals surface area (Å²) in [5.74, 6) is 0.206. The number of carbonyl (C=O) groups is 1. The largest absolute Gasteiger partial charge is 0.356 e. The van der Waals surface area contributed by atoms with E-state index in [2.05, 4.69) is 29.7 Å². The van der Waals surface area contributed by atoms with E-state index in [0.29, 0.717) is 11.5 Å². The number of rotatable bonds is 4. The fourth-order valence-electron chi connectivity index (χ4n) is 3.13. The maximum atomic E-state index is 11.9. The minimum Gasteiger partial charge on any atom is -0.356 e. The summed E-state index contributed by atoms with van der Waals surface area (Å²) in [6.07, 6.45) is 1.58. The van der Waals surface area contributed by atoms with Crippen molar-refractivity contribution in [2.24, 2.45) is 0 Å². The van der Waals surface area contributed by atoms with E-state index in [1.165, 1.54) is 5.56 Å². The molecule has 0 spiro atoms. The van der Waals surface area contributed by atoms with Gasteiger partial charge in [-0.05, 0) is 61.8 Å². The van der Waals surface area contributed by atoms with Crippen LogP contribution in [0.4, 0.5) is 11.4 Å². The summed E-state index contributed by atoms with van der Waals surface area (Å²) in [5.41, 5.74) is 4.17. The molecule has 2 aromatic rings. The lowest BCUT2D eigenvalue weighted by Gasteiger charge is -2.20. The summed E-state index contributed by atoms with van der Waals surface area (Å²) in [4.78, 5) is 13.8. The fourth-order valence-corrected chi connectivity index (χ4v) is 3.42. The smallest absolute Gasteiger partial charge is 0.227 e. The molecule has 3 rings (SSSR count). The van der Waals surface area contributed by atoms with Crippen LogP contribution in [0.3, 0.4) is 0 Å². The maximum absolute atomic E-state index is 11.9. The van der Waals surface area contributed by atoms with E-state index in [-0.39, 0.29) is 11.9 Å². The van der Waals surface area contributed by atoms with Crippen molar-refractivity contribution < 1.29 is 4.79 Å². The average Bonchev–Trinajstić information content (AvgIpc) is 3.01. The highest BCUT2D eigenvalue weighted by atomic mass is 32.1. The first kappa shape index (κ1) is 17.4. The van der Waals surface area contributed by atoms with Crippen molar-refractivity contribution >= 4 is 34.6 Å². The van der Waals surface area contributed by atoms with Gasteiger partial charge in [-0.2, -0.15) is 0 Å². The zero-order valence-electron chi connectivity index (χ0n) is 14.6. The van der Waals surface area contributed by atoms with Crippen LogP contribution in [0.25, 0.3) is 0 Å². The number of thiocarbonyl (C=S) groups is 1. The number of nitrogens with one attached hydrogen (secondary N) is 2. The first-order chi connectivity index (χ1) is 12.0. The van der Waals surface area contributed by atoms with Crippen molar-refractivity contribution in [1.82, 2.24) is 5.32 Å². The Bertz CT molecular complexity index is 776. The van der Waals surface area contributed by atoms with Crippen molar-refractivity contribution in [2.75, 3.05) is 16.8 Å². The van der Waals surface area contributed by atoms with Crippen LogP contribution in [0, 0.1) is 6.92 Å². The van der Waals surface area contributed by atoms with Crippen molar-refractivity contribution in [3.63, 3.8) is 0 Å². The predicted octanol–water partition coefficient (Wildman–Crippen LogP) is 4.17. The van der Waals surface area contributed by atoms with E-state index in [1.54, 1.807) is 0 Å². The molecule has 1 saturated heterocycles. The molecule has 25 heavy (non-hydrogen) atoms. The molecule has 1 fully saturated rings. The molecular weight excluding hydrogens is 330 g/mol. The molecule has 2 N–H and O–H groups in total. The molecule has 5 heteroatoms. The minimum absolute atomic E-state index is 0.129. The van der Waals surface area contributed by atoms with Crippen LogP contribution in [0.2, 0.25) is 0 Å². The normalized spacial score (nSPS) is 15.1. The number of benzene rings is 2. The standard InChI is InChI=1S/C20H23N3OS/c1-14-13-17(10-11-18(14)23-12-6-9-19(23)24)22-20(25)21-15(2)16-7-4-3-5-8-16/h3-5,7-8,10-11,13,15H,6,9,12H2,1-2H3,(H2,21,22,25)/t15-/m1/s1. The van der Waals surface area contributed by atoms with Gasteiger partial charge in [0.05, 0.1) is 6.04 Å². The Labute approximate surface area is 154 Å². The van der Waals surface area contributed by atoms with Gasteiger partial charge < -0.3 is 15.5 Å². The lowest BCUT2D eigenvalue weighted by atomic mass is 10.1. The molecule has 2 aromatic carbocycles. The molecule has 1 amide bonds. The van der Waals surface area contributed by atoms with Gasteiger partial charge >= 0.3 is 0 Å².